The van der Waals surface area contributed by atoms with Gasteiger partial charge in [0.25, 0.3) is 0 Å². The molecule has 2 heterocycles. The predicted molar refractivity (Wildman–Crippen MR) is 104 cm³/mol. The van der Waals surface area contributed by atoms with E-state index in [1.165, 1.54) is 0 Å². The van der Waals surface area contributed by atoms with E-state index in [2.05, 4.69) is 9.97 Å². The normalized spacial score (nSPS) is 11.4. The van der Waals surface area contributed by atoms with Gasteiger partial charge in [-0.15, -0.1) is 0 Å². The van der Waals surface area contributed by atoms with Crippen molar-refractivity contribution in [3.63, 3.8) is 0 Å². The third-order valence-corrected chi connectivity index (χ3v) is 4.30. The number of hydrogen-bond acceptors (Lipinski definition) is 3. The second kappa shape index (κ2) is 9.58. The molecule has 130 valence electrons. The van der Waals surface area contributed by atoms with Crippen molar-refractivity contribution in [2.45, 2.75) is 6.10 Å². The second-order valence-corrected chi connectivity index (χ2v) is 6.65. The number of aliphatic hydroxyl groups excluding tert-OH is 1. The lowest BCUT2D eigenvalue weighted by atomic mass is 10.0. The van der Waals surface area contributed by atoms with E-state index in [0.717, 1.165) is 0 Å². The zero-order valence-corrected chi connectivity index (χ0v) is 16.3. The van der Waals surface area contributed by atoms with Gasteiger partial charge in [-0.25, -0.2) is 9.97 Å². The van der Waals surface area contributed by atoms with Crippen molar-refractivity contribution in [1.82, 2.24) is 9.97 Å². The van der Waals surface area contributed by atoms with Gasteiger partial charge in [0.05, 0.1) is 0 Å². The van der Waals surface area contributed by atoms with Crippen LogP contribution in [0.15, 0.2) is 54.6 Å². The summed E-state index contributed by atoms with van der Waals surface area (Å²) in [7, 11) is 0. The minimum Gasteiger partial charge on any atom is -0.383 e. The van der Waals surface area contributed by atoms with Crippen LogP contribution in [-0.2, 0) is 0 Å². The van der Waals surface area contributed by atoms with Crippen molar-refractivity contribution in [3.05, 3.63) is 91.4 Å². The van der Waals surface area contributed by atoms with Gasteiger partial charge in [0, 0.05) is 16.1 Å². The van der Waals surface area contributed by atoms with Gasteiger partial charge >= 0.3 is 0 Å². The maximum absolute atomic E-state index is 10.2. The number of aliphatic hydroxyl groups is 1. The highest BCUT2D eigenvalue weighted by Crippen LogP contribution is 2.31. The van der Waals surface area contributed by atoms with Crippen LogP contribution in [0.5, 0.6) is 0 Å². The largest absolute Gasteiger partial charge is 0.383 e. The SMILES string of the molecule is Clc1cccc(Cl)n1.OC(c1ccccc1Cl)c1ccc(Cl)nc1Cl. The van der Waals surface area contributed by atoms with Crippen LogP contribution in [0.3, 0.4) is 0 Å². The zero-order chi connectivity index (χ0) is 18.4. The Balaban J connectivity index is 0.000000236. The van der Waals surface area contributed by atoms with Crippen molar-refractivity contribution >= 4 is 58.0 Å². The molecule has 0 aliphatic rings. The molecule has 0 saturated heterocycles. The van der Waals surface area contributed by atoms with Crippen LogP contribution in [0.25, 0.3) is 0 Å². The fourth-order valence-corrected chi connectivity index (χ4v) is 2.93. The molecule has 8 heteroatoms. The van der Waals surface area contributed by atoms with Crippen LogP contribution >= 0.6 is 58.0 Å². The molecule has 0 bridgehead atoms. The van der Waals surface area contributed by atoms with E-state index in [9.17, 15) is 5.11 Å². The standard InChI is InChI=1S/C12H8Cl3NO.C5H3Cl2N/c13-9-4-2-1-3-7(9)11(17)8-5-6-10(14)16-12(8)15;6-4-2-1-3-5(7)8-4/h1-6,11,17H;1-3H. The molecule has 0 spiro atoms. The second-order valence-electron chi connectivity index (χ2n) is 4.72. The van der Waals surface area contributed by atoms with Gasteiger partial charge in [0.1, 0.15) is 26.7 Å². The van der Waals surface area contributed by atoms with Crippen molar-refractivity contribution in [1.29, 1.82) is 0 Å². The molecule has 0 fully saturated rings. The maximum atomic E-state index is 10.2. The minimum absolute atomic E-state index is 0.171. The van der Waals surface area contributed by atoms with Crippen molar-refractivity contribution < 1.29 is 5.11 Å². The van der Waals surface area contributed by atoms with Gasteiger partial charge in [-0.2, -0.15) is 0 Å². The van der Waals surface area contributed by atoms with E-state index in [-0.39, 0.29) is 10.3 Å². The van der Waals surface area contributed by atoms with Crippen LogP contribution < -0.4 is 0 Å². The Morgan fingerprint density at radius 1 is 0.640 bits per heavy atom. The monoisotopic (exact) mass is 434 g/mol. The van der Waals surface area contributed by atoms with Gasteiger partial charge in [-0.3, -0.25) is 0 Å². The Morgan fingerprint density at radius 3 is 1.76 bits per heavy atom. The summed E-state index contributed by atoms with van der Waals surface area (Å²) in [5.74, 6) is 0. The number of aromatic nitrogens is 2. The molecule has 0 saturated carbocycles. The quantitative estimate of drug-likeness (QED) is 0.466. The Morgan fingerprint density at radius 2 is 1.24 bits per heavy atom. The van der Waals surface area contributed by atoms with Crippen molar-refractivity contribution in [2.24, 2.45) is 0 Å². The molecule has 2 aromatic heterocycles. The lowest BCUT2D eigenvalue weighted by Gasteiger charge is -2.13. The summed E-state index contributed by atoms with van der Waals surface area (Å²) in [5, 5.41) is 12.0. The molecule has 1 N–H and O–H groups in total. The first kappa shape index (κ1) is 20.2. The third-order valence-electron chi connectivity index (χ3n) is 3.02. The van der Waals surface area contributed by atoms with E-state index in [1.54, 1.807) is 54.6 Å². The first-order valence-electron chi connectivity index (χ1n) is 6.91. The van der Waals surface area contributed by atoms with Gasteiger partial charge in [0.15, 0.2) is 0 Å². The highest BCUT2D eigenvalue weighted by atomic mass is 35.5. The summed E-state index contributed by atoms with van der Waals surface area (Å²) in [5.41, 5.74) is 1.06. The minimum atomic E-state index is -0.916. The summed E-state index contributed by atoms with van der Waals surface area (Å²) in [6.07, 6.45) is -0.916. The van der Waals surface area contributed by atoms with Crippen LogP contribution in [0.4, 0.5) is 0 Å². The molecule has 0 amide bonds. The van der Waals surface area contributed by atoms with E-state index < -0.39 is 6.10 Å². The van der Waals surface area contributed by atoms with E-state index in [1.807, 2.05) is 0 Å². The summed E-state index contributed by atoms with van der Waals surface area (Å²) < 4.78 is 0. The Kier molecular flexibility index (Phi) is 7.76. The average Bonchev–Trinajstić information content (AvgIpc) is 2.55. The molecule has 3 nitrogen and oxygen atoms in total. The summed E-state index contributed by atoms with van der Waals surface area (Å²) in [6, 6.07) is 15.3. The maximum Gasteiger partial charge on any atom is 0.136 e. The summed E-state index contributed by atoms with van der Waals surface area (Å²) in [6.45, 7) is 0. The van der Waals surface area contributed by atoms with Gasteiger partial charge < -0.3 is 5.11 Å². The van der Waals surface area contributed by atoms with Crippen molar-refractivity contribution in [3.8, 4) is 0 Å². The van der Waals surface area contributed by atoms with Gasteiger partial charge in [0.2, 0.25) is 0 Å². The zero-order valence-electron chi connectivity index (χ0n) is 12.5. The Labute approximate surface area is 170 Å². The van der Waals surface area contributed by atoms with E-state index in [0.29, 0.717) is 26.5 Å². The molecule has 0 aliphatic carbocycles. The lowest BCUT2D eigenvalue weighted by Crippen LogP contribution is -2.02. The predicted octanol–water partition coefficient (Wildman–Crippen LogP) is 6.51. The van der Waals surface area contributed by atoms with Crippen LogP contribution in [0.2, 0.25) is 25.6 Å². The van der Waals surface area contributed by atoms with Crippen LogP contribution in [0, 0.1) is 0 Å². The molecular formula is C17H11Cl5N2O. The Bertz CT molecular complexity index is 843. The molecule has 3 rings (SSSR count). The van der Waals surface area contributed by atoms with Crippen molar-refractivity contribution in [2.75, 3.05) is 0 Å². The summed E-state index contributed by atoms with van der Waals surface area (Å²) >= 11 is 28.5. The van der Waals surface area contributed by atoms with Crippen LogP contribution in [0.1, 0.15) is 17.2 Å². The molecule has 1 atom stereocenters. The van der Waals surface area contributed by atoms with Gasteiger partial charge in [-0.05, 0) is 30.3 Å². The molecule has 0 radical (unpaired) electrons. The highest BCUT2D eigenvalue weighted by molar-refractivity contribution is 6.33. The Hall–Kier alpha value is -1.07. The molecule has 1 unspecified atom stereocenters. The fourth-order valence-electron chi connectivity index (χ4n) is 1.87. The molecule has 0 aliphatic heterocycles. The molecule has 25 heavy (non-hydrogen) atoms. The first-order valence-corrected chi connectivity index (χ1v) is 8.80. The number of rotatable bonds is 2. The molecule has 3 aromatic rings. The number of pyridine rings is 2. The molecule has 1 aromatic carbocycles. The lowest BCUT2D eigenvalue weighted by molar-refractivity contribution is 0.220. The number of halogens is 5. The van der Waals surface area contributed by atoms with E-state index in [4.69, 9.17) is 58.0 Å². The first-order chi connectivity index (χ1) is 11.9. The molecular weight excluding hydrogens is 425 g/mol. The van der Waals surface area contributed by atoms with E-state index >= 15 is 0 Å². The smallest absolute Gasteiger partial charge is 0.136 e. The summed E-state index contributed by atoms with van der Waals surface area (Å²) in [4.78, 5) is 7.58. The highest BCUT2D eigenvalue weighted by Gasteiger charge is 2.17. The topological polar surface area (TPSA) is 46.0 Å². The number of nitrogens with zero attached hydrogens (tertiary/aromatic N) is 2. The average molecular weight is 437 g/mol. The number of hydrogen-bond donors (Lipinski definition) is 1. The van der Waals surface area contributed by atoms with Crippen LogP contribution in [-0.4, -0.2) is 15.1 Å². The number of benzene rings is 1. The third kappa shape index (κ3) is 6.00. The van der Waals surface area contributed by atoms with Gasteiger partial charge in [-0.1, -0.05) is 82.3 Å². The fraction of sp³-hybridized carbons (Fsp3) is 0.0588.